The quantitative estimate of drug-likeness (QED) is 0.861. The van der Waals surface area contributed by atoms with Crippen LogP contribution in [0, 0.1) is 6.92 Å². The fourth-order valence-electron chi connectivity index (χ4n) is 2.45. The van der Waals surface area contributed by atoms with E-state index in [9.17, 15) is 13.2 Å². The van der Waals surface area contributed by atoms with Crippen LogP contribution in [-0.2, 0) is 16.6 Å². The number of amides is 1. The van der Waals surface area contributed by atoms with Gasteiger partial charge in [-0.1, -0.05) is 36.4 Å². The first kappa shape index (κ1) is 19.1. The number of hydrogen-bond acceptors (Lipinski definition) is 3. The molecule has 6 heteroatoms. The number of benzene rings is 2. The fraction of sp³-hybridized carbons (Fsp3) is 0.316. The summed E-state index contributed by atoms with van der Waals surface area (Å²) < 4.78 is 27.0. The molecule has 0 aromatic heterocycles. The van der Waals surface area contributed by atoms with Gasteiger partial charge in [0.2, 0.25) is 10.0 Å². The Morgan fingerprint density at radius 3 is 2.36 bits per heavy atom. The molecule has 2 aromatic rings. The molecule has 2 rings (SSSR count). The van der Waals surface area contributed by atoms with Gasteiger partial charge in [0, 0.05) is 25.2 Å². The van der Waals surface area contributed by atoms with Gasteiger partial charge in [0.05, 0.1) is 4.90 Å². The first-order valence-electron chi connectivity index (χ1n) is 8.13. The minimum absolute atomic E-state index is 0.0204. The van der Waals surface area contributed by atoms with E-state index in [1.165, 1.54) is 23.5 Å². The molecule has 5 nitrogen and oxygen atoms in total. The van der Waals surface area contributed by atoms with Crippen molar-refractivity contribution in [2.24, 2.45) is 0 Å². The van der Waals surface area contributed by atoms with Crippen molar-refractivity contribution in [2.75, 3.05) is 7.05 Å². The average molecular weight is 360 g/mol. The molecular weight excluding hydrogens is 336 g/mol. The molecule has 2 aromatic carbocycles. The molecule has 1 amide bonds. The van der Waals surface area contributed by atoms with E-state index in [2.05, 4.69) is 5.32 Å². The molecule has 25 heavy (non-hydrogen) atoms. The van der Waals surface area contributed by atoms with Crippen LogP contribution in [0.2, 0.25) is 0 Å². The summed E-state index contributed by atoms with van der Waals surface area (Å²) in [5.41, 5.74) is 2.02. The average Bonchev–Trinajstić information content (AvgIpc) is 2.55. The van der Waals surface area contributed by atoms with E-state index in [1.807, 2.05) is 44.2 Å². The van der Waals surface area contributed by atoms with Gasteiger partial charge in [0.15, 0.2) is 0 Å². The molecule has 1 N–H and O–H groups in total. The lowest BCUT2D eigenvalue weighted by Crippen LogP contribution is -2.31. The summed E-state index contributed by atoms with van der Waals surface area (Å²) in [4.78, 5) is 12.4. The number of aryl methyl sites for hydroxylation is 1. The van der Waals surface area contributed by atoms with Crippen LogP contribution >= 0.6 is 0 Å². The third-order valence-corrected chi connectivity index (χ3v) is 5.63. The Labute approximate surface area is 149 Å². The summed E-state index contributed by atoms with van der Waals surface area (Å²) in [7, 11) is -2.15. The first-order chi connectivity index (χ1) is 11.7. The lowest BCUT2D eigenvalue weighted by Gasteiger charge is -2.18. The summed E-state index contributed by atoms with van der Waals surface area (Å²) in [6, 6.07) is 14.0. The number of rotatable bonds is 6. The Hall–Kier alpha value is -2.18. The first-order valence-corrected chi connectivity index (χ1v) is 9.57. The van der Waals surface area contributed by atoms with Gasteiger partial charge in [-0.15, -0.1) is 0 Å². The van der Waals surface area contributed by atoms with Crippen LogP contribution in [0.3, 0.4) is 0 Å². The number of nitrogens with one attached hydrogen (secondary N) is 1. The Morgan fingerprint density at radius 1 is 1.12 bits per heavy atom. The Kier molecular flexibility index (Phi) is 5.98. The molecule has 0 aliphatic rings. The Balaban J connectivity index is 2.31. The zero-order chi connectivity index (χ0) is 18.6. The minimum Gasteiger partial charge on any atom is -0.350 e. The number of carbonyl (C=O) groups is 1. The maximum absolute atomic E-state index is 12.8. The van der Waals surface area contributed by atoms with E-state index in [1.54, 1.807) is 13.0 Å². The van der Waals surface area contributed by atoms with Crippen LogP contribution in [-0.4, -0.2) is 31.7 Å². The highest BCUT2D eigenvalue weighted by atomic mass is 32.2. The summed E-state index contributed by atoms with van der Waals surface area (Å²) in [6.07, 6.45) is 0. The third-order valence-electron chi connectivity index (χ3n) is 3.83. The Morgan fingerprint density at radius 2 is 1.76 bits per heavy atom. The van der Waals surface area contributed by atoms with Crippen molar-refractivity contribution in [3.05, 3.63) is 65.2 Å². The van der Waals surface area contributed by atoms with Crippen LogP contribution in [0.25, 0.3) is 0 Å². The van der Waals surface area contributed by atoms with Crippen molar-refractivity contribution < 1.29 is 13.2 Å². The second-order valence-electron chi connectivity index (χ2n) is 6.35. The van der Waals surface area contributed by atoms with Crippen molar-refractivity contribution in [1.29, 1.82) is 0 Å². The summed E-state index contributed by atoms with van der Waals surface area (Å²) in [5.74, 6) is -0.268. The molecule has 0 saturated carbocycles. The highest BCUT2D eigenvalue weighted by molar-refractivity contribution is 7.89. The largest absolute Gasteiger partial charge is 0.350 e. The summed E-state index contributed by atoms with van der Waals surface area (Å²) in [6.45, 7) is 5.78. The van der Waals surface area contributed by atoms with Gasteiger partial charge < -0.3 is 5.32 Å². The van der Waals surface area contributed by atoms with Gasteiger partial charge in [0.1, 0.15) is 0 Å². The standard InChI is InChI=1S/C19H24N2O3S/c1-14(2)20-19(22)18-12-17(11-10-15(18)3)25(23,24)21(4)13-16-8-6-5-7-9-16/h5-12,14H,13H2,1-4H3,(H,20,22). The van der Waals surface area contributed by atoms with Crippen molar-refractivity contribution in [2.45, 2.75) is 38.3 Å². The SMILES string of the molecule is Cc1ccc(S(=O)(=O)N(C)Cc2ccccc2)cc1C(=O)NC(C)C. The Bertz CT molecular complexity index is 846. The van der Waals surface area contributed by atoms with E-state index in [4.69, 9.17) is 0 Å². The van der Waals surface area contributed by atoms with Gasteiger partial charge >= 0.3 is 0 Å². The lowest BCUT2D eigenvalue weighted by atomic mass is 10.1. The van der Waals surface area contributed by atoms with Gasteiger partial charge in [0.25, 0.3) is 5.91 Å². The van der Waals surface area contributed by atoms with E-state index in [0.717, 1.165) is 11.1 Å². The number of nitrogens with zero attached hydrogens (tertiary/aromatic N) is 1. The molecule has 0 saturated heterocycles. The van der Waals surface area contributed by atoms with Crippen molar-refractivity contribution in [3.8, 4) is 0 Å². The normalized spacial score (nSPS) is 11.8. The highest BCUT2D eigenvalue weighted by Gasteiger charge is 2.23. The van der Waals surface area contributed by atoms with Gasteiger partial charge in [-0.25, -0.2) is 8.42 Å². The second kappa shape index (κ2) is 7.80. The zero-order valence-electron chi connectivity index (χ0n) is 15.0. The van der Waals surface area contributed by atoms with Crippen LogP contribution in [0.1, 0.15) is 35.3 Å². The third kappa shape index (κ3) is 4.67. The predicted molar refractivity (Wildman–Crippen MR) is 98.9 cm³/mol. The molecule has 134 valence electrons. The number of hydrogen-bond donors (Lipinski definition) is 1. The molecule has 0 radical (unpaired) electrons. The molecular formula is C19H24N2O3S. The van der Waals surface area contributed by atoms with Gasteiger partial charge in [-0.3, -0.25) is 4.79 Å². The number of sulfonamides is 1. The summed E-state index contributed by atoms with van der Waals surface area (Å²) >= 11 is 0. The fourth-order valence-corrected chi connectivity index (χ4v) is 3.64. The predicted octanol–water partition coefficient (Wildman–Crippen LogP) is 2.95. The van der Waals surface area contributed by atoms with E-state index >= 15 is 0 Å². The smallest absolute Gasteiger partial charge is 0.251 e. The minimum atomic E-state index is -3.69. The molecule has 0 unspecified atom stereocenters. The highest BCUT2D eigenvalue weighted by Crippen LogP contribution is 2.20. The molecule has 0 fully saturated rings. The van der Waals surface area contributed by atoms with Gasteiger partial charge in [-0.05, 0) is 44.0 Å². The second-order valence-corrected chi connectivity index (χ2v) is 8.40. The maximum Gasteiger partial charge on any atom is 0.251 e. The topological polar surface area (TPSA) is 66.5 Å². The van der Waals surface area contributed by atoms with E-state index in [0.29, 0.717) is 5.56 Å². The molecule has 0 atom stereocenters. The van der Waals surface area contributed by atoms with Gasteiger partial charge in [-0.2, -0.15) is 4.31 Å². The molecule has 0 spiro atoms. The van der Waals surface area contributed by atoms with Crippen molar-refractivity contribution in [3.63, 3.8) is 0 Å². The van der Waals surface area contributed by atoms with Crippen molar-refractivity contribution >= 4 is 15.9 Å². The molecule has 0 aliphatic heterocycles. The van der Waals surface area contributed by atoms with E-state index < -0.39 is 10.0 Å². The molecule has 0 aliphatic carbocycles. The number of carbonyl (C=O) groups excluding carboxylic acids is 1. The summed E-state index contributed by atoms with van der Waals surface area (Å²) in [5, 5.41) is 2.80. The molecule has 0 heterocycles. The van der Waals surface area contributed by atoms with Crippen LogP contribution in [0.5, 0.6) is 0 Å². The molecule has 0 bridgehead atoms. The zero-order valence-corrected chi connectivity index (χ0v) is 15.8. The van der Waals surface area contributed by atoms with Crippen LogP contribution < -0.4 is 5.32 Å². The maximum atomic E-state index is 12.8. The monoisotopic (exact) mass is 360 g/mol. The lowest BCUT2D eigenvalue weighted by molar-refractivity contribution is 0.0942. The van der Waals surface area contributed by atoms with E-state index in [-0.39, 0.29) is 23.4 Å². The van der Waals surface area contributed by atoms with Crippen LogP contribution in [0.15, 0.2) is 53.4 Å². The van der Waals surface area contributed by atoms with Crippen molar-refractivity contribution in [1.82, 2.24) is 9.62 Å². The van der Waals surface area contributed by atoms with Crippen LogP contribution in [0.4, 0.5) is 0 Å².